The predicted molar refractivity (Wildman–Crippen MR) is 108 cm³/mol. The van der Waals surface area contributed by atoms with Crippen LogP contribution in [0.15, 0.2) is 40.1 Å². The molecule has 1 aliphatic rings. The Hall–Kier alpha value is -2.30. The van der Waals surface area contributed by atoms with Crippen LogP contribution in [-0.2, 0) is 16.5 Å². The lowest BCUT2D eigenvalue weighted by atomic mass is 10.0. The monoisotopic (exact) mass is 439 g/mol. The van der Waals surface area contributed by atoms with E-state index in [1.165, 1.54) is 28.1 Å². The van der Waals surface area contributed by atoms with Crippen molar-refractivity contribution in [1.29, 1.82) is 0 Å². The normalized spacial score (nSPS) is 22.4. The number of nitrogens with two attached hydrogens (primary N) is 1. The highest BCUT2D eigenvalue weighted by Crippen LogP contribution is 2.44. The third-order valence-corrected chi connectivity index (χ3v) is 7.85. The first-order valence-corrected chi connectivity index (χ1v) is 10.6. The molecule has 2 atom stereocenters. The number of aliphatic imine (C=N–C) groups is 1. The molecule has 0 spiro atoms. The predicted octanol–water partition coefficient (Wildman–Crippen LogP) is 3.40. The molecule has 146 valence electrons. The lowest BCUT2D eigenvalue weighted by Gasteiger charge is -2.33. The van der Waals surface area contributed by atoms with E-state index in [1.54, 1.807) is 25.2 Å². The van der Waals surface area contributed by atoms with Crippen molar-refractivity contribution in [3.05, 3.63) is 46.4 Å². The van der Waals surface area contributed by atoms with Crippen LogP contribution in [0.5, 0.6) is 0 Å². The van der Waals surface area contributed by atoms with E-state index < -0.39 is 22.3 Å². The first-order valence-electron chi connectivity index (χ1n) is 8.12. The largest absolute Gasteiger partial charge is 0.423 e. The summed E-state index contributed by atoms with van der Waals surface area (Å²) >= 11 is 7.75. The SMILES string of the molecule is CN1C(N)=N[C@](C)(c2sc(-c3cc(-c4nnco4)ccc3F)cc2Cl)CS1=O. The van der Waals surface area contributed by atoms with E-state index in [0.29, 0.717) is 31.8 Å². The molecule has 0 saturated heterocycles. The molecule has 28 heavy (non-hydrogen) atoms. The average molecular weight is 440 g/mol. The van der Waals surface area contributed by atoms with Gasteiger partial charge in [-0.05, 0) is 31.2 Å². The minimum Gasteiger partial charge on any atom is -0.423 e. The van der Waals surface area contributed by atoms with Crippen LogP contribution in [0.2, 0.25) is 5.02 Å². The van der Waals surface area contributed by atoms with Gasteiger partial charge in [-0.3, -0.25) is 4.31 Å². The van der Waals surface area contributed by atoms with Gasteiger partial charge in [0.2, 0.25) is 18.2 Å². The summed E-state index contributed by atoms with van der Waals surface area (Å²) in [6, 6.07) is 6.21. The molecule has 11 heteroatoms. The van der Waals surface area contributed by atoms with E-state index in [-0.39, 0.29) is 11.7 Å². The van der Waals surface area contributed by atoms with Crippen LogP contribution >= 0.6 is 22.9 Å². The third-order valence-electron chi connectivity index (χ3n) is 4.41. The lowest BCUT2D eigenvalue weighted by molar-refractivity contribution is 0.524. The standard InChI is InChI=1S/C17H15ClFN5O2S2/c1-17(7-28(25)24(2)16(20)22-17)14-11(18)6-13(27-14)10-5-9(3-4-12(10)19)15-23-21-8-26-15/h3-6,8H,7H2,1-2H3,(H2,20,22)/t17-,28?/m0/s1. The van der Waals surface area contributed by atoms with E-state index in [9.17, 15) is 8.60 Å². The smallest absolute Gasteiger partial charge is 0.247 e. The molecule has 0 amide bonds. The van der Waals surface area contributed by atoms with Crippen LogP contribution in [-0.4, -0.2) is 37.5 Å². The molecule has 1 unspecified atom stereocenters. The van der Waals surface area contributed by atoms with E-state index in [1.807, 2.05) is 6.92 Å². The van der Waals surface area contributed by atoms with Crippen LogP contribution < -0.4 is 5.73 Å². The van der Waals surface area contributed by atoms with Gasteiger partial charge in [-0.2, -0.15) is 0 Å². The zero-order valence-electron chi connectivity index (χ0n) is 14.8. The van der Waals surface area contributed by atoms with Gasteiger partial charge in [0.1, 0.15) is 22.3 Å². The van der Waals surface area contributed by atoms with Crippen LogP contribution in [0.3, 0.4) is 0 Å². The third kappa shape index (κ3) is 3.21. The second kappa shape index (κ2) is 6.94. The Bertz CT molecular complexity index is 1100. The van der Waals surface area contributed by atoms with Crippen LogP contribution in [0, 0.1) is 5.82 Å². The first kappa shape index (κ1) is 19.0. The maximum absolute atomic E-state index is 14.5. The molecule has 0 saturated carbocycles. The molecule has 1 aliphatic heterocycles. The number of benzene rings is 1. The Balaban J connectivity index is 1.79. The molecular formula is C17H15ClFN5O2S2. The molecule has 0 fully saturated rings. The summed E-state index contributed by atoms with van der Waals surface area (Å²) in [6.07, 6.45) is 1.21. The summed E-state index contributed by atoms with van der Waals surface area (Å²) in [5.41, 5.74) is 5.99. The summed E-state index contributed by atoms with van der Waals surface area (Å²) in [6.45, 7) is 1.82. The van der Waals surface area contributed by atoms with Gasteiger partial charge in [-0.15, -0.1) is 21.5 Å². The van der Waals surface area contributed by atoms with Crippen molar-refractivity contribution in [3.8, 4) is 21.9 Å². The van der Waals surface area contributed by atoms with Gasteiger partial charge in [0.25, 0.3) is 0 Å². The van der Waals surface area contributed by atoms with Gasteiger partial charge in [-0.1, -0.05) is 11.6 Å². The maximum Gasteiger partial charge on any atom is 0.247 e. The van der Waals surface area contributed by atoms with Gasteiger partial charge in [0, 0.05) is 23.1 Å². The molecule has 2 N–H and O–H groups in total. The van der Waals surface area contributed by atoms with Gasteiger partial charge in [0.15, 0.2) is 0 Å². The summed E-state index contributed by atoms with van der Waals surface area (Å²) in [5.74, 6) is 0.281. The Morgan fingerprint density at radius 3 is 2.89 bits per heavy atom. The van der Waals surface area contributed by atoms with E-state index in [2.05, 4.69) is 15.2 Å². The Kier molecular flexibility index (Phi) is 4.72. The topological polar surface area (TPSA) is 97.6 Å². The molecule has 7 nitrogen and oxygen atoms in total. The number of guanidine groups is 1. The number of nitrogens with zero attached hydrogens (tertiary/aromatic N) is 4. The van der Waals surface area contributed by atoms with Crippen LogP contribution in [0.25, 0.3) is 21.9 Å². The molecule has 0 bridgehead atoms. The quantitative estimate of drug-likeness (QED) is 0.674. The average Bonchev–Trinajstić information content (AvgIpc) is 3.30. The van der Waals surface area contributed by atoms with Crippen molar-refractivity contribution in [2.24, 2.45) is 10.7 Å². The highest BCUT2D eigenvalue weighted by atomic mass is 35.5. The summed E-state index contributed by atoms with van der Waals surface area (Å²) in [5, 5.41) is 7.91. The van der Waals surface area contributed by atoms with Crippen molar-refractivity contribution < 1.29 is 13.0 Å². The van der Waals surface area contributed by atoms with Crippen molar-refractivity contribution in [2.45, 2.75) is 12.5 Å². The minimum absolute atomic E-state index is 0.169. The maximum atomic E-state index is 14.5. The zero-order chi connectivity index (χ0) is 20.1. The van der Waals surface area contributed by atoms with Gasteiger partial charge in [0.05, 0.1) is 15.7 Å². The van der Waals surface area contributed by atoms with Crippen LogP contribution in [0.1, 0.15) is 11.8 Å². The number of halogens is 2. The van der Waals surface area contributed by atoms with E-state index in [0.717, 1.165) is 0 Å². The minimum atomic E-state index is -1.33. The Morgan fingerprint density at radius 1 is 1.43 bits per heavy atom. The van der Waals surface area contributed by atoms with Gasteiger partial charge in [-0.25, -0.2) is 13.6 Å². The molecule has 0 radical (unpaired) electrons. The van der Waals surface area contributed by atoms with Crippen molar-refractivity contribution in [1.82, 2.24) is 14.5 Å². The molecule has 3 aromatic rings. The Morgan fingerprint density at radius 2 is 2.21 bits per heavy atom. The zero-order valence-corrected chi connectivity index (χ0v) is 17.2. The van der Waals surface area contributed by atoms with Crippen molar-refractivity contribution >= 4 is 39.9 Å². The number of thiophene rings is 1. The fourth-order valence-electron chi connectivity index (χ4n) is 2.93. The molecule has 2 aromatic heterocycles. The number of hydrogen-bond donors (Lipinski definition) is 1. The van der Waals surface area contributed by atoms with Crippen LogP contribution in [0.4, 0.5) is 4.39 Å². The summed E-state index contributed by atoms with van der Waals surface area (Å²) in [4.78, 5) is 5.78. The number of hydrogen-bond acceptors (Lipinski definition) is 7. The summed E-state index contributed by atoms with van der Waals surface area (Å²) in [7, 11) is 0.286. The second-order valence-electron chi connectivity index (χ2n) is 6.43. The highest BCUT2D eigenvalue weighted by molar-refractivity contribution is 7.83. The molecular weight excluding hydrogens is 425 g/mol. The second-order valence-corrected chi connectivity index (χ2v) is 9.37. The van der Waals surface area contributed by atoms with E-state index in [4.69, 9.17) is 21.8 Å². The lowest BCUT2D eigenvalue weighted by Crippen LogP contribution is -2.47. The molecule has 4 rings (SSSR count). The highest BCUT2D eigenvalue weighted by Gasteiger charge is 2.38. The van der Waals surface area contributed by atoms with Gasteiger partial charge >= 0.3 is 0 Å². The molecule has 3 heterocycles. The van der Waals surface area contributed by atoms with Crippen molar-refractivity contribution in [2.75, 3.05) is 12.8 Å². The van der Waals surface area contributed by atoms with E-state index >= 15 is 0 Å². The Labute approximate surface area is 171 Å². The summed E-state index contributed by atoms with van der Waals surface area (Å²) < 4.78 is 33.5. The number of aromatic nitrogens is 2. The molecule has 0 aliphatic carbocycles. The fourth-order valence-corrected chi connectivity index (χ4v) is 5.80. The number of rotatable bonds is 3. The fraction of sp³-hybridized carbons (Fsp3) is 0.235. The van der Waals surface area contributed by atoms with Gasteiger partial charge < -0.3 is 10.2 Å². The van der Waals surface area contributed by atoms with Crippen molar-refractivity contribution in [3.63, 3.8) is 0 Å². The first-order chi connectivity index (χ1) is 13.3. The molecule has 1 aromatic carbocycles.